The first kappa shape index (κ1) is 15.2. The summed E-state index contributed by atoms with van der Waals surface area (Å²) in [5.41, 5.74) is 0.982. The van der Waals surface area contributed by atoms with Crippen molar-refractivity contribution in [3.63, 3.8) is 0 Å². The molecule has 1 aromatic carbocycles. The van der Waals surface area contributed by atoms with Gasteiger partial charge in [-0.2, -0.15) is 10.5 Å². The first-order chi connectivity index (χ1) is 9.29. The molecule has 0 fully saturated rings. The molecule has 6 nitrogen and oxygen atoms in total. The lowest BCUT2D eigenvalue weighted by Gasteiger charge is -2.22. The number of nitrogens with zero attached hydrogens (tertiary/aromatic N) is 3. The van der Waals surface area contributed by atoms with Gasteiger partial charge in [-0.25, -0.2) is 0 Å². The van der Waals surface area contributed by atoms with Crippen molar-refractivity contribution in [1.29, 1.82) is 10.5 Å². The number of nitrogens with one attached hydrogen (secondary N) is 1. The van der Waals surface area contributed by atoms with E-state index in [1.165, 1.54) is 18.3 Å². The molecule has 0 radical (unpaired) electrons. The quantitative estimate of drug-likeness (QED) is 0.516. The van der Waals surface area contributed by atoms with Crippen molar-refractivity contribution in [2.45, 2.75) is 26.2 Å². The number of hydrogen-bond acceptors (Lipinski definition) is 5. The molecule has 0 aliphatic rings. The first-order valence-electron chi connectivity index (χ1n) is 5.85. The van der Waals surface area contributed by atoms with E-state index in [2.05, 4.69) is 5.32 Å². The summed E-state index contributed by atoms with van der Waals surface area (Å²) in [5, 5.41) is 31.0. The van der Waals surface area contributed by atoms with Crippen LogP contribution in [0.4, 0.5) is 11.4 Å². The molecule has 0 spiro atoms. The highest BCUT2D eigenvalue weighted by Gasteiger charge is 2.20. The van der Waals surface area contributed by atoms with E-state index in [0.29, 0.717) is 5.69 Å². The summed E-state index contributed by atoms with van der Waals surface area (Å²) in [4.78, 5) is 10.3. The zero-order chi connectivity index (χ0) is 15.3. The van der Waals surface area contributed by atoms with Gasteiger partial charge < -0.3 is 5.32 Å². The molecule has 1 rings (SSSR count). The van der Waals surface area contributed by atoms with Gasteiger partial charge in [0.1, 0.15) is 17.7 Å². The SMILES string of the molecule is CC(C)(C)c1ccc([N+](=O)[O-])cc1NC=C(C#N)C#N. The van der Waals surface area contributed by atoms with Crippen LogP contribution < -0.4 is 5.32 Å². The molecule has 0 atom stereocenters. The monoisotopic (exact) mass is 270 g/mol. The minimum Gasteiger partial charge on any atom is -0.359 e. The summed E-state index contributed by atoms with van der Waals surface area (Å²) in [6.07, 6.45) is 1.24. The Hall–Kier alpha value is -2.86. The van der Waals surface area contributed by atoms with Gasteiger partial charge in [-0.15, -0.1) is 0 Å². The minimum absolute atomic E-state index is 0.0515. The van der Waals surface area contributed by atoms with Crippen molar-refractivity contribution in [1.82, 2.24) is 0 Å². The fourth-order valence-corrected chi connectivity index (χ4v) is 1.66. The van der Waals surface area contributed by atoms with Gasteiger partial charge in [0, 0.05) is 24.0 Å². The van der Waals surface area contributed by atoms with Crippen LogP contribution in [0.1, 0.15) is 26.3 Å². The van der Waals surface area contributed by atoms with Crippen molar-refractivity contribution >= 4 is 11.4 Å². The molecular formula is C14H14N4O2. The Labute approximate surface area is 117 Å². The molecule has 1 N–H and O–H groups in total. The van der Waals surface area contributed by atoms with Crippen LogP contribution in [0.5, 0.6) is 0 Å². The number of benzene rings is 1. The minimum atomic E-state index is -0.489. The fourth-order valence-electron chi connectivity index (χ4n) is 1.66. The number of non-ortho nitro benzene ring substituents is 1. The van der Waals surface area contributed by atoms with Crippen LogP contribution in [0.25, 0.3) is 0 Å². The third-order valence-corrected chi connectivity index (χ3v) is 2.63. The molecule has 0 bridgehead atoms. The third kappa shape index (κ3) is 3.56. The van der Waals surface area contributed by atoms with Crippen LogP contribution in [0.3, 0.4) is 0 Å². The summed E-state index contributed by atoms with van der Waals surface area (Å²) in [5.74, 6) is 0. The van der Waals surface area contributed by atoms with Gasteiger partial charge >= 0.3 is 0 Å². The number of nitro groups is 1. The second-order valence-electron chi connectivity index (χ2n) is 5.16. The van der Waals surface area contributed by atoms with Crippen LogP contribution in [0.2, 0.25) is 0 Å². The van der Waals surface area contributed by atoms with E-state index in [-0.39, 0.29) is 16.7 Å². The number of nitriles is 2. The Morgan fingerprint density at radius 3 is 2.40 bits per heavy atom. The lowest BCUT2D eigenvalue weighted by molar-refractivity contribution is -0.384. The predicted molar refractivity (Wildman–Crippen MR) is 74.7 cm³/mol. The van der Waals surface area contributed by atoms with Gasteiger partial charge in [0.25, 0.3) is 5.69 Å². The topological polar surface area (TPSA) is 103 Å². The lowest BCUT2D eigenvalue weighted by Crippen LogP contribution is -2.14. The average molecular weight is 270 g/mol. The van der Waals surface area contributed by atoms with Gasteiger partial charge in [-0.1, -0.05) is 20.8 Å². The maximum absolute atomic E-state index is 10.8. The smallest absolute Gasteiger partial charge is 0.271 e. The van der Waals surface area contributed by atoms with E-state index in [9.17, 15) is 10.1 Å². The molecule has 0 aliphatic carbocycles. The molecule has 102 valence electrons. The molecule has 0 unspecified atom stereocenters. The van der Waals surface area contributed by atoms with E-state index in [1.807, 2.05) is 20.8 Å². The van der Waals surface area contributed by atoms with E-state index in [1.54, 1.807) is 18.2 Å². The molecule has 20 heavy (non-hydrogen) atoms. The first-order valence-corrected chi connectivity index (χ1v) is 5.85. The maximum atomic E-state index is 10.8. The summed E-state index contributed by atoms with van der Waals surface area (Å²) < 4.78 is 0. The molecule has 0 amide bonds. The Kier molecular flexibility index (Phi) is 4.45. The van der Waals surface area contributed by atoms with Crippen molar-refractivity contribution in [2.24, 2.45) is 0 Å². The van der Waals surface area contributed by atoms with Crippen LogP contribution in [0.15, 0.2) is 30.0 Å². The van der Waals surface area contributed by atoms with E-state index < -0.39 is 4.92 Å². The van der Waals surface area contributed by atoms with Crippen molar-refractivity contribution in [3.05, 3.63) is 45.6 Å². The molecule has 1 aromatic rings. The Bertz CT molecular complexity index is 627. The summed E-state index contributed by atoms with van der Waals surface area (Å²) in [6.45, 7) is 5.91. The van der Waals surface area contributed by atoms with Crippen LogP contribution in [0, 0.1) is 32.8 Å². The van der Waals surface area contributed by atoms with Crippen LogP contribution in [-0.2, 0) is 5.41 Å². The second-order valence-corrected chi connectivity index (χ2v) is 5.16. The molecule has 0 saturated heterocycles. The fraction of sp³-hybridized carbons (Fsp3) is 0.286. The molecule has 0 saturated carbocycles. The van der Waals surface area contributed by atoms with E-state index in [0.717, 1.165) is 5.56 Å². The highest BCUT2D eigenvalue weighted by molar-refractivity contribution is 5.61. The number of anilines is 1. The van der Waals surface area contributed by atoms with Crippen molar-refractivity contribution in [3.8, 4) is 12.1 Å². The van der Waals surface area contributed by atoms with Crippen LogP contribution in [-0.4, -0.2) is 4.92 Å². The van der Waals surface area contributed by atoms with Gasteiger partial charge in [0.05, 0.1) is 4.92 Å². The van der Waals surface area contributed by atoms with Gasteiger partial charge in [-0.3, -0.25) is 10.1 Å². The average Bonchev–Trinajstić information content (AvgIpc) is 2.38. The summed E-state index contributed by atoms with van der Waals surface area (Å²) >= 11 is 0. The lowest BCUT2D eigenvalue weighted by atomic mass is 9.85. The van der Waals surface area contributed by atoms with Crippen molar-refractivity contribution < 1.29 is 4.92 Å². The normalized spacial score (nSPS) is 10.1. The molecule has 6 heteroatoms. The Balaban J connectivity index is 3.31. The molecule has 0 aromatic heterocycles. The standard InChI is InChI=1S/C14H14N4O2/c1-14(2,3)12-5-4-11(18(19)20)6-13(12)17-9-10(7-15)8-16/h4-6,9,17H,1-3H3. The number of nitro benzene ring substituents is 1. The van der Waals surface area contributed by atoms with E-state index >= 15 is 0 Å². The molecular weight excluding hydrogens is 256 g/mol. The number of hydrogen-bond donors (Lipinski definition) is 1. The second kappa shape index (κ2) is 5.85. The maximum Gasteiger partial charge on any atom is 0.271 e. The van der Waals surface area contributed by atoms with Gasteiger partial charge in [0.15, 0.2) is 0 Å². The van der Waals surface area contributed by atoms with Gasteiger partial charge in [-0.05, 0) is 17.0 Å². The van der Waals surface area contributed by atoms with Gasteiger partial charge in [0.2, 0.25) is 0 Å². The van der Waals surface area contributed by atoms with Crippen molar-refractivity contribution in [2.75, 3.05) is 5.32 Å². The molecule has 0 aliphatic heterocycles. The Morgan fingerprint density at radius 2 is 1.95 bits per heavy atom. The number of rotatable bonds is 3. The zero-order valence-corrected chi connectivity index (χ0v) is 11.5. The van der Waals surface area contributed by atoms with E-state index in [4.69, 9.17) is 10.5 Å². The largest absolute Gasteiger partial charge is 0.359 e. The summed E-state index contributed by atoms with van der Waals surface area (Å²) in [7, 11) is 0. The highest BCUT2D eigenvalue weighted by atomic mass is 16.6. The highest BCUT2D eigenvalue weighted by Crippen LogP contribution is 2.32. The Morgan fingerprint density at radius 1 is 1.35 bits per heavy atom. The predicted octanol–water partition coefficient (Wildman–Crippen LogP) is 3.24. The third-order valence-electron chi connectivity index (χ3n) is 2.63. The van der Waals surface area contributed by atoms with Crippen LogP contribution >= 0.6 is 0 Å². The zero-order valence-electron chi connectivity index (χ0n) is 11.5. The molecule has 0 heterocycles. The number of allylic oxidation sites excluding steroid dienone is 1. The summed E-state index contributed by atoms with van der Waals surface area (Å²) in [6, 6.07) is 7.94.